The summed E-state index contributed by atoms with van der Waals surface area (Å²) in [6.45, 7) is 4.32. The lowest BCUT2D eigenvalue weighted by Gasteiger charge is -2.42. The van der Waals surface area contributed by atoms with Crippen molar-refractivity contribution in [1.29, 1.82) is 0 Å². The molecule has 2 saturated heterocycles. The van der Waals surface area contributed by atoms with E-state index in [1.54, 1.807) is 0 Å². The highest BCUT2D eigenvalue weighted by Gasteiger charge is 2.32. The Morgan fingerprint density at radius 2 is 1.65 bits per heavy atom. The molecule has 1 aromatic carbocycles. The zero-order valence-corrected chi connectivity index (χ0v) is 15.0. The van der Waals surface area contributed by atoms with Gasteiger partial charge in [-0.1, -0.05) is 24.3 Å². The second-order valence-corrected chi connectivity index (χ2v) is 7.42. The van der Waals surface area contributed by atoms with Crippen LogP contribution in [-0.4, -0.2) is 36.1 Å². The average Bonchev–Trinajstić information content (AvgIpc) is 2.68. The third-order valence-corrected chi connectivity index (χ3v) is 5.68. The largest absolute Gasteiger partial charge is 0.369 e. The summed E-state index contributed by atoms with van der Waals surface area (Å²) >= 11 is 0. The quantitative estimate of drug-likeness (QED) is 0.712. The molecule has 0 unspecified atom stereocenters. The fourth-order valence-corrected chi connectivity index (χ4v) is 4.16. The Kier molecular flexibility index (Phi) is 3.96. The summed E-state index contributed by atoms with van der Waals surface area (Å²) < 4.78 is 0. The van der Waals surface area contributed by atoms with E-state index in [2.05, 4.69) is 58.3 Å². The standard InChI is InChI=1S/C22H24N4/c1-4-13-25(14-5-1)21-9-6-12-23-22(21)26-15-18(16-26)20-11-10-17-7-2-3-8-19(17)24-20/h2-3,6-12,18H,1,4-5,13-16H2. The highest BCUT2D eigenvalue weighted by Crippen LogP contribution is 2.36. The molecule has 0 aliphatic carbocycles. The van der Waals surface area contributed by atoms with E-state index < -0.39 is 0 Å². The second-order valence-electron chi connectivity index (χ2n) is 7.42. The van der Waals surface area contributed by atoms with Crippen molar-refractivity contribution < 1.29 is 0 Å². The maximum atomic E-state index is 4.88. The van der Waals surface area contributed by atoms with Gasteiger partial charge in [0.1, 0.15) is 0 Å². The fraction of sp³-hybridized carbons (Fsp3) is 0.364. The molecule has 4 heterocycles. The summed E-state index contributed by atoms with van der Waals surface area (Å²) in [5.41, 5.74) is 3.60. The van der Waals surface area contributed by atoms with E-state index in [1.165, 1.54) is 36.0 Å². The number of hydrogen-bond donors (Lipinski definition) is 0. The van der Waals surface area contributed by atoms with Crippen molar-refractivity contribution in [3.63, 3.8) is 0 Å². The normalized spacial score (nSPS) is 18.2. The minimum Gasteiger partial charge on any atom is -0.369 e. The van der Waals surface area contributed by atoms with Crippen LogP contribution in [0.3, 0.4) is 0 Å². The van der Waals surface area contributed by atoms with Crippen LogP contribution in [0.5, 0.6) is 0 Å². The first-order chi connectivity index (χ1) is 12.9. The van der Waals surface area contributed by atoms with Crippen molar-refractivity contribution in [3.8, 4) is 0 Å². The molecule has 5 rings (SSSR count). The predicted octanol–water partition coefficient (Wildman–Crippen LogP) is 4.22. The minimum absolute atomic E-state index is 0.496. The van der Waals surface area contributed by atoms with Crippen LogP contribution < -0.4 is 9.80 Å². The fourth-order valence-electron chi connectivity index (χ4n) is 4.16. The molecule has 4 nitrogen and oxygen atoms in total. The number of fused-ring (bicyclic) bond motifs is 1. The number of hydrogen-bond acceptors (Lipinski definition) is 4. The molecule has 0 N–H and O–H groups in total. The van der Waals surface area contributed by atoms with Gasteiger partial charge in [-0.3, -0.25) is 4.98 Å². The highest BCUT2D eigenvalue weighted by atomic mass is 15.3. The summed E-state index contributed by atoms with van der Waals surface area (Å²) in [5.74, 6) is 1.64. The summed E-state index contributed by atoms with van der Waals surface area (Å²) in [6.07, 6.45) is 5.85. The molecule has 4 heteroatoms. The van der Waals surface area contributed by atoms with Crippen LogP contribution >= 0.6 is 0 Å². The number of nitrogens with zero attached hydrogens (tertiary/aromatic N) is 4. The Morgan fingerprint density at radius 3 is 2.54 bits per heavy atom. The Bertz CT molecular complexity index is 911. The van der Waals surface area contributed by atoms with Crippen LogP contribution in [0.15, 0.2) is 54.7 Å². The van der Waals surface area contributed by atoms with E-state index in [-0.39, 0.29) is 0 Å². The molecular formula is C22H24N4. The van der Waals surface area contributed by atoms with Gasteiger partial charge in [0.15, 0.2) is 5.82 Å². The lowest BCUT2D eigenvalue weighted by Crippen LogP contribution is -2.46. The highest BCUT2D eigenvalue weighted by molar-refractivity contribution is 5.78. The molecule has 0 saturated carbocycles. The van der Waals surface area contributed by atoms with E-state index in [4.69, 9.17) is 9.97 Å². The summed E-state index contributed by atoms with van der Waals surface area (Å²) in [6, 6.07) is 17.0. The number of rotatable bonds is 3. The van der Waals surface area contributed by atoms with Gasteiger partial charge in [0, 0.05) is 49.4 Å². The lowest BCUT2D eigenvalue weighted by atomic mass is 9.95. The van der Waals surface area contributed by atoms with E-state index in [0.717, 1.165) is 37.5 Å². The number of pyridine rings is 2. The molecule has 26 heavy (non-hydrogen) atoms. The van der Waals surface area contributed by atoms with E-state index in [9.17, 15) is 0 Å². The SMILES string of the molecule is c1cnc(N2CC(c3ccc4ccccc4n3)C2)c(N2CCCCC2)c1. The molecule has 3 aromatic rings. The van der Waals surface area contributed by atoms with Crippen LogP contribution in [0, 0.1) is 0 Å². The maximum Gasteiger partial charge on any atom is 0.152 e. The number of aromatic nitrogens is 2. The predicted molar refractivity (Wildman–Crippen MR) is 107 cm³/mol. The van der Waals surface area contributed by atoms with Gasteiger partial charge in [-0.2, -0.15) is 0 Å². The summed E-state index contributed by atoms with van der Waals surface area (Å²) in [5, 5.41) is 1.21. The van der Waals surface area contributed by atoms with Gasteiger partial charge >= 0.3 is 0 Å². The van der Waals surface area contributed by atoms with Gasteiger partial charge in [-0.15, -0.1) is 0 Å². The molecule has 0 spiro atoms. The first-order valence-corrected chi connectivity index (χ1v) is 9.69. The van der Waals surface area contributed by atoms with E-state index >= 15 is 0 Å². The molecule has 0 radical (unpaired) electrons. The lowest BCUT2D eigenvalue weighted by molar-refractivity contribution is 0.508. The molecule has 0 atom stereocenters. The van der Waals surface area contributed by atoms with Gasteiger partial charge in [-0.05, 0) is 43.5 Å². The first kappa shape index (κ1) is 15.6. The zero-order chi connectivity index (χ0) is 17.3. The number of para-hydroxylation sites is 1. The Hall–Kier alpha value is -2.62. The number of piperidine rings is 1. The molecular weight excluding hydrogens is 320 g/mol. The monoisotopic (exact) mass is 344 g/mol. The van der Waals surface area contributed by atoms with Crippen LogP contribution in [-0.2, 0) is 0 Å². The van der Waals surface area contributed by atoms with Crippen LogP contribution in [0.4, 0.5) is 11.5 Å². The van der Waals surface area contributed by atoms with E-state index in [1.807, 2.05) is 6.20 Å². The Balaban J connectivity index is 1.35. The molecule has 2 aliphatic heterocycles. The molecule has 0 bridgehead atoms. The minimum atomic E-state index is 0.496. The van der Waals surface area contributed by atoms with Crippen molar-refractivity contribution in [2.45, 2.75) is 25.2 Å². The van der Waals surface area contributed by atoms with Gasteiger partial charge in [0.25, 0.3) is 0 Å². The topological polar surface area (TPSA) is 32.3 Å². The van der Waals surface area contributed by atoms with Crippen molar-refractivity contribution in [2.24, 2.45) is 0 Å². The molecule has 2 fully saturated rings. The number of anilines is 2. The van der Waals surface area contributed by atoms with E-state index in [0.29, 0.717) is 5.92 Å². The summed E-state index contributed by atoms with van der Waals surface area (Å²) in [4.78, 5) is 14.5. The molecule has 132 valence electrons. The third-order valence-electron chi connectivity index (χ3n) is 5.68. The van der Waals surface area contributed by atoms with Crippen molar-refractivity contribution >= 4 is 22.4 Å². The van der Waals surface area contributed by atoms with Crippen molar-refractivity contribution in [1.82, 2.24) is 9.97 Å². The van der Waals surface area contributed by atoms with Crippen LogP contribution in [0.25, 0.3) is 10.9 Å². The van der Waals surface area contributed by atoms with Crippen molar-refractivity contribution in [2.75, 3.05) is 36.0 Å². The van der Waals surface area contributed by atoms with Gasteiger partial charge in [0.2, 0.25) is 0 Å². The molecule has 2 aliphatic rings. The zero-order valence-electron chi connectivity index (χ0n) is 15.0. The summed E-state index contributed by atoms with van der Waals surface area (Å²) in [7, 11) is 0. The third kappa shape index (κ3) is 2.79. The number of benzene rings is 1. The van der Waals surface area contributed by atoms with Crippen molar-refractivity contribution in [3.05, 3.63) is 60.4 Å². The average molecular weight is 344 g/mol. The molecule has 2 aromatic heterocycles. The molecule has 0 amide bonds. The van der Waals surface area contributed by atoms with Gasteiger partial charge < -0.3 is 9.80 Å². The second kappa shape index (κ2) is 6.60. The van der Waals surface area contributed by atoms with Gasteiger partial charge in [-0.25, -0.2) is 4.98 Å². The Labute approximate surface area is 154 Å². The van der Waals surface area contributed by atoms with Crippen LogP contribution in [0.1, 0.15) is 30.9 Å². The maximum absolute atomic E-state index is 4.88. The smallest absolute Gasteiger partial charge is 0.152 e. The Morgan fingerprint density at radius 1 is 0.808 bits per heavy atom. The van der Waals surface area contributed by atoms with Crippen LogP contribution in [0.2, 0.25) is 0 Å². The first-order valence-electron chi connectivity index (χ1n) is 9.69. The van der Waals surface area contributed by atoms with Gasteiger partial charge in [0.05, 0.1) is 11.2 Å².